The number of carbonyl (C=O) groups excluding carboxylic acids is 2. The fourth-order valence-corrected chi connectivity index (χ4v) is 2.10. The van der Waals surface area contributed by atoms with E-state index in [4.69, 9.17) is 0 Å². The second kappa shape index (κ2) is 9.81. The third-order valence-electron chi connectivity index (χ3n) is 3.39. The number of pyridine rings is 2. The summed E-state index contributed by atoms with van der Waals surface area (Å²) in [4.78, 5) is 41.4. The number of nitrogens with zero attached hydrogens (tertiary/aromatic N) is 3. The highest BCUT2D eigenvalue weighted by Gasteiger charge is 2.12. The molecule has 0 aromatic carbocycles. The van der Waals surface area contributed by atoms with Crippen molar-refractivity contribution < 1.29 is 14.3 Å². The molecule has 3 aromatic rings. The van der Waals surface area contributed by atoms with Crippen molar-refractivity contribution in [2.45, 2.75) is 13.3 Å². The van der Waals surface area contributed by atoms with E-state index in [9.17, 15) is 14.4 Å². The smallest absolute Gasteiger partial charge is 0.313 e. The molecule has 8 nitrogen and oxygen atoms in total. The van der Waals surface area contributed by atoms with Gasteiger partial charge < -0.3 is 4.74 Å². The van der Waals surface area contributed by atoms with Gasteiger partial charge in [-0.15, -0.1) is 0 Å². The fraction of sp³-hybridized carbons (Fsp3) is 0.211. The third kappa shape index (κ3) is 6.03. The van der Waals surface area contributed by atoms with Gasteiger partial charge in [-0.2, -0.15) is 0 Å². The largest absolute Gasteiger partial charge is 0.466 e. The minimum absolute atomic E-state index is 0.0550. The SMILES string of the molecule is CCOC(=O)CC(=O)c1ccccn1.Cn1[nH]c(-c2ccccn2)cc1=O. The molecule has 27 heavy (non-hydrogen) atoms. The van der Waals surface area contributed by atoms with Crippen LogP contribution < -0.4 is 5.56 Å². The first kappa shape index (κ1) is 19.8. The van der Waals surface area contributed by atoms with E-state index in [1.807, 2.05) is 18.2 Å². The van der Waals surface area contributed by atoms with Gasteiger partial charge in [0.25, 0.3) is 5.56 Å². The number of carbonyl (C=O) groups is 2. The molecule has 0 fully saturated rings. The van der Waals surface area contributed by atoms with Crippen molar-refractivity contribution >= 4 is 11.8 Å². The molecule has 140 valence electrons. The Hall–Kier alpha value is -3.55. The van der Waals surface area contributed by atoms with Gasteiger partial charge in [0.2, 0.25) is 0 Å². The number of ether oxygens (including phenoxy) is 1. The Kier molecular flexibility index (Phi) is 7.18. The number of aryl methyl sites for hydroxylation is 1. The predicted octanol–water partition coefficient (Wildman–Crippen LogP) is 1.99. The van der Waals surface area contributed by atoms with Gasteiger partial charge in [0, 0.05) is 25.5 Å². The van der Waals surface area contributed by atoms with E-state index < -0.39 is 5.97 Å². The van der Waals surface area contributed by atoms with Crippen molar-refractivity contribution in [1.82, 2.24) is 19.7 Å². The molecule has 8 heteroatoms. The maximum Gasteiger partial charge on any atom is 0.313 e. The first-order valence-corrected chi connectivity index (χ1v) is 8.28. The standard InChI is InChI=1S/C10H11NO3.C9H9N3O/c1-2-14-10(13)7-9(12)8-5-3-4-6-11-8;1-12-9(13)6-8(11-12)7-4-2-3-5-10-7/h3-6H,2,7H2,1H3;2-6,11H,1H3. The fourth-order valence-electron chi connectivity index (χ4n) is 2.10. The van der Waals surface area contributed by atoms with Crippen LogP contribution in [0.25, 0.3) is 11.4 Å². The molecule has 0 unspecified atom stereocenters. The summed E-state index contributed by atoms with van der Waals surface area (Å²) in [6.45, 7) is 1.98. The van der Waals surface area contributed by atoms with Crippen molar-refractivity contribution in [3.05, 3.63) is 70.9 Å². The van der Waals surface area contributed by atoms with Crippen molar-refractivity contribution in [2.75, 3.05) is 6.61 Å². The summed E-state index contributed by atoms with van der Waals surface area (Å²) in [5, 5.41) is 2.90. The summed E-state index contributed by atoms with van der Waals surface area (Å²) in [5.41, 5.74) is 1.76. The lowest BCUT2D eigenvalue weighted by Gasteiger charge is -2.00. The van der Waals surface area contributed by atoms with Crippen molar-refractivity contribution in [3.63, 3.8) is 0 Å². The molecule has 0 bridgehead atoms. The molecule has 1 N–H and O–H groups in total. The van der Waals surface area contributed by atoms with Gasteiger partial charge in [0.05, 0.1) is 18.0 Å². The van der Waals surface area contributed by atoms with E-state index in [1.165, 1.54) is 16.9 Å². The molecule has 0 saturated carbocycles. The van der Waals surface area contributed by atoms with Crippen LogP contribution in [-0.4, -0.2) is 38.1 Å². The number of aromatic amines is 1. The van der Waals surface area contributed by atoms with E-state index in [-0.39, 0.29) is 24.4 Å². The van der Waals surface area contributed by atoms with E-state index >= 15 is 0 Å². The van der Waals surface area contributed by atoms with Gasteiger partial charge in [-0.05, 0) is 31.2 Å². The van der Waals surface area contributed by atoms with Crippen LogP contribution in [0.1, 0.15) is 23.8 Å². The van der Waals surface area contributed by atoms with Crippen LogP contribution in [-0.2, 0) is 16.6 Å². The molecule has 0 aliphatic rings. The number of hydrogen-bond donors (Lipinski definition) is 1. The second-order valence-corrected chi connectivity index (χ2v) is 5.40. The van der Waals surface area contributed by atoms with Crippen LogP contribution in [0, 0.1) is 0 Å². The molecule has 0 radical (unpaired) electrons. The van der Waals surface area contributed by atoms with Gasteiger partial charge in [-0.3, -0.25) is 34.1 Å². The van der Waals surface area contributed by atoms with Crippen LogP contribution in [0.15, 0.2) is 59.7 Å². The zero-order valence-electron chi connectivity index (χ0n) is 15.1. The van der Waals surface area contributed by atoms with Gasteiger partial charge >= 0.3 is 5.97 Å². The molecule has 3 aromatic heterocycles. The lowest BCUT2D eigenvalue weighted by Crippen LogP contribution is -2.12. The van der Waals surface area contributed by atoms with E-state index in [0.717, 1.165) is 11.4 Å². The zero-order valence-corrected chi connectivity index (χ0v) is 15.1. The third-order valence-corrected chi connectivity index (χ3v) is 3.39. The van der Waals surface area contributed by atoms with Crippen LogP contribution in [0.4, 0.5) is 0 Å². The quantitative estimate of drug-likeness (QED) is 0.419. The zero-order chi connectivity index (χ0) is 19.6. The summed E-state index contributed by atoms with van der Waals surface area (Å²) >= 11 is 0. The van der Waals surface area contributed by atoms with Crippen LogP contribution in [0.3, 0.4) is 0 Å². The van der Waals surface area contributed by atoms with Crippen molar-refractivity contribution in [1.29, 1.82) is 0 Å². The van der Waals surface area contributed by atoms with Gasteiger partial charge in [-0.1, -0.05) is 12.1 Å². The Morgan fingerprint density at radius 2 is 1.81 bits per heavy atom. The number of esters is 1. The molecular weight excluding hydrogens is 348 g/mol. The molecule has 0 aliphatic heterocycles. The molecule has 3 rings (SSSR count). The Labute approximate surface area is 155 Å². The Morgan fingerprint density at radius 3 is 2.33 bits per heavy atom. The maximum atomic E-state index is 11.4. The summed E-state index contributed by atoms with van der Waals surface area (Å²) < 4.78 is 6.07. The highest BCUT2D eigenvalue weighted by atomic mass is 16.5. The van der Waals surface area contributed by atoms with Crippen LogP contribution in [0.2, 0.25) is 0 Å². The van der Waals surface area contributed by atoms with E-state index in [0.29, 0.717) is 5.69 Å². The van der Waals surface area contributed by atoms with Crippen molar-refractivity contribution in [2.24, 2.45) is 7.05 Å². The molecule has 0 atom stereocenters. The Balaban J connectivity index is 0.000000194. The highest BCUT2D eigenvalue weighted by Crippen LogP contribution is 2.09. The average Bonchev–Trinajstić information content (AvgIpc) is 3.02. The van der Waals surface area contributed by atoms with Gasteiger partial charge in [0.1, 0.15) is 12.1 Å². The normalized spacial score (nSPS) is 9.85. The molecule has 3 heterocycles. The number of hydrogen-bond acceptors (Lipinski definition) is 6. The van der Waals surface area contributed by atoms with Gasteiger partial charge in [0.15, 0.2) is 5.78 Å². The topological polar surface area (TPSA) is 107 Å². The molecule has 0 amide bonds. The molecule has 0 saturated heterocycles. The Bertz CT molecular complexity index is 933. The number of ketones is 1. The number of Topliss-reactive ketones (excluding diaryl/α,β-unsaturated/α-hetero) is 1. The average molecular weight is 368 g/mol. The summed E-state index contributed by atoms with van der Waals surface area (Å²) in [7, 11) is 1.68. The van der Waals surface area contributed by atoms with E-state index in [1.54, 1.807) is 38.4 Å². The maximum absolute atomic E-state index is 11.4. The molecular formula is C19H20N4O4. The second-order valence-electron chi connectivity index (χ2n) is 5.40. The van der Waals surface area contributed by atoms with Crippen molar-refractivity contribution in [3.8, 4) is 11.4 Å². The number of H-pyrrole nitrogens is 1. The monoisotopic (exact) mass is 368 g/mol. The summed E-state index contributed by atoms with van der Waals surface area (Å²) in [6.07, 6.45) is 2.96. The number of aromatic nitrogens is 4. The lowest BCUT2D eigenvalue weighted by atomic mass is 10.2. The van der Waals surface area contributed by atoms with Crippen LogP contribution >= 0.6 is 0 Å². The molecule has 0 spiro atoms. The summed E-state index contributed by atoms with van der Waals surface area (Å²) in [5.74, 6) is -0.827. The highest BCUT2D eigenvalue weighted by molar-refractivity contribution is 6.04. The first-order chi connectivity index (χ1) is 13.0. The van der Waals surface area contributed by atoms with Crippen LogP contribution in [0.5, 0.6) is 0 Å². The lowest BCUT2D eigenvalue weighted by molar-refractivity contribution is -0.141. The number of nitrogens with one attached hydrogen (secondary N) is 1. The van der Waals surface area contributed by atoms with Gasteiger partial charge in [-0.25, -0.2) is 0 Å². The Morgan fingerprint density at radius 1 is 1.11 bits per heavy atom. The molecule has 0 aliphatic carbocycles. The number of rotatable bonds is 5. The first-order valence-electron chi connectivity index (χ1n) is 8.28. The van der Waals surface area contributed by atoms with E-state index in [2.05, 4.69) is 19.8 Å². The minimum Gasteiger partial charge on any atom is -0.466 e. The predicted molar refractivity (Wildman–Crippen MR) is 99.1 cm³/mol. The summed E-state index contributed by atoms with van der Waals surface area (Å²) in [6, 6.07) is 12.1. The minimum atomic E-state index is -0.511.